The molecule has 4 rings (SSSR count). The number of fused-ring (bicyclic) bond motifs is 1. The molecule has 2 aliphatic rings. The van der Waals surface area contributed by atoms with Crippen LogP contribution in [0.4, 0.5) is 4.79 Å². The summed E-state index contributed by atoms with van der Waals surface area (Å²) in [5.74, 6) is 0.560. The first-order chi connectivity index (χ1) is 12.8. The molecule has 2 fully saturated rings. The van der Waals surface area contributed by atoms with Crippen LogP contribution in [0.15, 0.2) is 16.7 Å². The first kappa shape index (κ1) is 17.9. The lowest BCUT2D eigenvalue weighted by Gasteiger charge is -2.34. The van der Waals surface area contributed by atoms with Gasteiger partial charge in [0.2, 0.25) is 0 Å². The number of hydrogen-bond donors (Lipinski definition) is 2. The summed E-state index contributed by atoms with van der Waals surface area (Å²) in [5, 5.41) is 9.61. The van der Waals surface area contributed by atoms with E-state index in [0.29, 0.717) is 23.8 Å². The van der Waals surface area contributed by atoms with E-state index in [1.165, 1.54) is 0 Å². The molecule has 146 valence electrons. The predicted octanol–water partition coefficient (Wildman–Crippen LogP) is 2.92. The molecule has 0 radical (unpaired) electrons. The normalized spacial score (nSPS) is 21.4. The van der Waals surface area contributed by atoms with Gasteiger partial charge in [0.05, 0.1) is 6.20 Å². The van der Waals surface area contributed by atoms with Crippen molar-refractivity contribution >= 4 is 23.1 Å². The van der Waals surface area contributed by atoms with Gasteiger partial charge in [-0.1, -0.05) is 0 Å². The summed E-state index contributed by atoms with van der Waals surface area (Å²) in [6.07, 6.45) is 4.34. The maximum atomic E-state index is 12.3. The molecule has 2 aromatic rings. The van der Waals surface area contributed by atoms with Crippen LogP contribution in [-0.2, 0) is 4.74 Å². The third kappa shape index (κ3) is 3.65. The zero-order valence-electron chi connectivity index (χ0n) is 16.0. The fourth-order valence-electron chi connectivity index (χ4n) is 3.96. The summed E-state index contributed by atoms with van der Waals surface area (Å²) in [6.45, 7) is 7.72. The van der Waals surface area contributed by atoms with Crippen molar-refractivity contribution in [1.82, 2.24) is 20.4 Å². The SMILES string of the molecule is CC(C)(C)OC(=O)N1CCC2(CC1)CC2CNC(=O)c1cc2[nH]ncc2o1. The van der Waals surface area contributed by atoms with E-state index in [-0.39, 0.29) is 17.4 Å². The average molecular weight is 374 g/mol. The van der Waals surface area contributed by atoms with Crippen molar-refractivity contribution in [2.45, 2.75) is 45.6 Å². The van der Waals surface area contributed by atoms with Crippen LogP contribution < -0.4 is 5.32 Å². The number of likely N-dealkylation sites (tertiary alicyclic amines) is 1. The Morgan fingerprint density at radius 3 is 2.81 bits per heavy atom. The van der Waals surface area contributed by atoms with E-state index in [0.717, 1.165) is 37.9 Å². The number of furan rings is 1. The number of aromatic nitrogens is 2. The molecule has 0 bridgehead atoms. The second-order valence-corrected chi connectivity index (χ2v) is 8.70. The quantitative estimate of drug-likeness (QED) is 0.860. The first-order valence-electron chi connectivity index (χ1n) is 9.45. The lowest BCUT2D eigenvalue weighted by atomic mass is 9.91. The summed E-state index contributed by atoms with van der Waals surface area (Å²) in [6, 6.07) is 1.67. The third-order valence-corrected chi connectivity index (χ3v) is 5.63. The molecular formula is C19H26N4O4. The summed E-state index contributed by atoms with van der Waals surface area (Å²) in [4.78, 5) is 26.3. The van der Waals surface area contributed by atoms with Crippen molar-refractivity contribution in [3.8, 4) is 0 Å². The Hall–Kier alpha value is -2.51. The molecule has 1 unspecified atom stereocenters. The van der Waals surface area contributed by atoms with Gasteiger partial charge >= 0.3 is 6.09 Å². The highest BCUT2D eigenvalue weighted by atomic mass is 16.6. The van der Waals surface area contributed by atoms with E-state index in [1.807, 2.05) is 20.8 Å². The van der Waals surface area contributed by atoms with Crippen LogP contribution >= 0.6 is 0 Å². The van der Waals surface area contributed by atoms with Crippen LogP contribution in [0.1, 0.15) is 50.6 Å². The zero-order valence-corrected chi connectivity index (χ0v) is 16.0. The van der Waals surface area contributed by atoms with Crippen molar-refractivity contribution in [2.75, 3.05) is 19.6 Å². The molecule has 3 heterocycles. The van der Waals surface area contributed by atoms with Gasteiger partial charge in [-0.25, -0.2) is 4.79 Å². The summed E-state index contributed by atoms with van der Waals surface area (Å²) in [7, 11) is 0. The van der Waals surface area contributed by atoms with Gasteiger partial charge in [0, 0.05) is 25.7 Å². The van der Waals surface area contributed by atoms with E-state index in [1.54, 1.807) is 17.2 Å². The van der Waals surface area contributed by atoms with Gasteiger partial charge in [-0.2, -0.15) is 5.10 Å². The monoisotopic (exact) mass is 374 g/mol. The van der Waals surface area contributed by atoms with E-state index in [9.17, 15) is 9.59 Å². The third-order valence-electron chi connectivity index (χ3n) is 5.63. The molecule has 1 saturated carbocycles. The van der Waals surface area contributed by atoms with Crippen molar-refractivity contribution in [2.24, 2.45) is 11.3 Å². The van der Waals surface area contributed by atoms with Gasteiger partial charge in [-0.05, 0) is 51.4 Å². The fourth-order valence-corrected chi connectivity index (χ4v) is 3.96. The molecule has 27 heavy (non-hydrogen) atoms. The topological polar surface area (TPSA) is 100 Å². The van der Waals surface area contributed by atoms with E-state index >= 15 is 0 Å². The lowest BCUT2D eigenvalue weighted by Crippen LogP contribution is -2.42. The van der Waals surface area contributed by atoms with Gasteiger partial charge in [-0.3, -0.25) is 9.89 Å². The number of carbonyl (C=O) groups is 2. The zero-order chi connectivity index (χ0) is 19.2. The minimum absolute atomic E-state index is 0.201. The molecule has 8 heteroatoms. The number of amides is 2. The number of nitrogens with one attached hydrogen (secondary N) is 2. The molecule has 1 aliphatic heterocycles. The highest BCUT2D eigenvalue weighted by molar-refractivity contribution is 5.95. The maximum absolute atomic E-state index is 12.3. The standard InChI is InChI=1S/C19H26N4O4/c1-18(2,3)27-17(25)23-6-4-19(5-7-23)9-12(19)10-20-16(24)14-8-13-15(26-14)11-21-22-13/h8,11-12H,4-7,9-10H2,1-3H3,(H,20,24)(H,21,22). The Morgan fingerprint density at radius 1 is 1.41 bits per heavy atom. The minimum atomic E-state index is -0.466. The molecule has 2 aromatic heterocycles. The number of ether oxygens (including phenoxy) is 1. The Morgan fingerprint density at radius 2 is 2.15 bits per heavy atom. The smallest absolute Gasteiger partial charge is 0.410 e. The average Bonchev–Trinajstić information content (AvgIpc) is 2.93. The number of hydrogen-bond acceptors (Lipinski definition) is 5. The summed E-state index contributed by atoms with van der Waals surface area (Å²) in [5.41, 5.74) is 1.09. The number of aromatic amines is 1. The number of carbonyl (C=O) groups excluding carboxylic acids is 2. The fraction of sp³-hybridized carbons (Fsp3) is 0.632. The van der Waals surface area contributed by atoms with Gasteiger partial charge in [0.25, 0.3) is 5.91 Å². The van der Waals surface area contributed by atoms with E-state index in [2.05, 4.69) is 15.5 Å². The summed E-state index contributed by atoms with van der Waals surface area (Å²) < 4.78 is 10.9. The van der Waals surface area contributed by atoms with Crippen LogP contribution in [-0.4, -0.2) is 52.3 Å². The van der Waals surface area contributed by atoms with Crippen molar-refractivity contribution in [1.29, 1.82) is 0 Å². The van der Waals surface area contributed by atoms with Crippen LogP contribution in [0.2, 0.25) is 0 Å². The molecule has 2 N–H and O–H groups in total. The molecular weight excluding hydrogens is 348 g/mol. The van der Waals surface area contributed by atoms with Crippen molar-refractivity contribution in [3.05, 3.63) is 18.0 Å². The molecule has 8 nitrogen and oxygen atoms in total. The molecule has 1 spiro atoms. The Bertz CT molecular complexity index is 826. The summed E-state index contributed by atoms with van der Waals surface area (Å²) >= 11 is 0. The van der Waals surface area contributed by atoms with Gasteiger partial charge in [0.15, 0.2) is 11.3 Å². The van der Waals surface area contributed by atoms with Crippen molar-refractivity contribution < 1.29 is 18.7 Å². The highest BCUT2D eigenvalue weighted by Gasteiger charge is 2.55. The lowest BCUT2D eigenvalue weighted by molar-refractivity contribution is 0.0165. The minimum Gasteiger partial charge on any atom is -0.448 e. The van der Waals surface area contributed by atoms with Gasteiger partial charge in [0.1, 0.15) is 11.1 Å². The molecule has 1 saturated heterocycles. The van der Waals surface area contributed by atoms with Crippen LogP contribution in [0, 0.1) is 11.3 Å². The van der Waals surface area contributed by atoms with Gasteiger partial charge < -0.3 is 19.4 Å². The predicted molar refractivity (Wildman–Crippen MR) is 98.3 cm³/mol. The maximum Gasteiger partial charge on any atom is 0.410 e. The Kier molecular flexibility index (Phi) is 4.16. The van der Waals surface area contributed by atoms with Gasteiger partial charge in [-0.15, -0.1) is 0 Å². The molecule has 1 atom stereocenters. The molecule has 1 aliphatic carbocycles. The second-order valence-electron chi connectivity index (χ2n) is 8.70. The Labute approximate surface area is 157 Å². The highest BCUT2D eigenvalue weighted by Crippen LogP contribution is 2.59. The second kappa shape index (κ2) is 6.28. The van der Waals surface area contributed by atoms with Crippen molar-refractivity contribution in [3.63, 3.8) is 0 Å². The van der Waals surface area contributed by atoms with E-state index < -0.39 is 5.60 Å². The van der Waals surface area contributed by atoms with Crippen LogP contribution in [0.5, 0.6) is 0 Å². The Balaban J connectivity index is 1.25. The van der Waals surface area contributed by atoms with Crippen LogP contribution in [0.3, 0.4) is 0 Å². The molecule has 2 amide bonds. The number of nitrogens with zero attached hydrogens (tertiary/aromatic N) is 2. The largest absolute Gasteiger partial charge is 0.448 e. The number of piperidine rings is 1. The first-order valence-corrected chi connectivity index (χ1v) is 9.45. The number of H-pyrrole nitrogens is 1. The van der Waals surface area contributed by atoms with Crippen LogP contribution in [0.25, 0.3) is 11.1 Å². The van der Waals surface area contributed by atoms with E-state index in [4.69, 9.17) is 9.15 Å². The molecule has 0 aromatic carbocycles. The number of rotatable bonds is 3.